The van der Waals surface area contributed by atoms with E-state index in [2.05, 4.69) is 25.3 Å². The lowest BCUT2D eigenvalue weighted by Gasteiger charge is -2.14. The molecule has 268 valence electrons. The van der Waals surface area contributed by atoms with E-state index in [0.29, 0.717) is 87.0 Å². The van der Waals surface area contributed by atoms with Crippen LogP contribution in [-0.2, 0) is 26.4 Å². The topological polar surface area (TPSA) is 99.5 Å². The molecule has 0 saturated carbocycles. The predicted molar refractivity (Wildman–Crippen MR) is 209 cm³/mol. The molecular formula is C44H43N5O4. The summed E-state index contributed by atoms with van der Waals surface area (Å²) in [6, 6.07) is 43.8. The minimum Gasteiger partial charge on any atom is -0.485 e. The van der Waals surface area contributed by atoms with Crippen molar-refractivity contribution in [2.24, 2.45) is 9.98 Å². The molecule has 6 aromatic rings. The SMILES string of the molecule is C(=NCCNCCN=Cc1nccc(OCc2ccccc2)c1OCc1ccccc1)c1nccc(OCc2ccccc2)c1OCc1ccccc1. The Kier molecular flexibility index (Phi) is 14.1. The van der Waals surface area contributed by atoms with Gasteiger partial charge in [0.2, 0.25) is 0 Å². The summed E-state index contributed by atoms with van der Waals surface area (Å²) in [7, 11) is 0. The van der Waals surface area contributed by atoms with Crippen LogP contribution in [-0.4, -0.2) is 48.6 Å². The van der Waals surface area contributed by atoms with Gasteiger partial charge in [-0.3, -0.25) is 20.0 Å². The van der Waals surface area contributed by atoms with E-state index in [1.807, 2.05) is 133 Å². The van der Waals surface area contributed by atoms with E-state index in [0.717, 1.165) is 22.3 Å². The fourth-order valence-electron chi connectivity index (χ4n) is 5.24. The van der Waals surface area contributed by atoms with Crippen LogP contribution in [0.5, 0.6) is 23.0 Å². The maximum Gasteiger partial charge on any atom is 0.188 e. The normalized spacial score (nSPS) is 11.2. The van der Waals surface area contributed by atoms with E-state index < -0.39 is 0 Å². The zero-order valence-corrected chi connectivity index (χ0v) is 29.6. The Morgan fingerprint density at radius 3 is 1.13 bits per heavy atom. The second-order valence-corrected chi connectivity index (χ2v) is 12.0. The molecule has 0 amide bonds. The highest BCUT2D eigenvalue weighted by molar-refractivity contribution is 5.83. The van der Waals surface area contributed by atoms with Gasteiger partial charge in [0.25, 0.3) is 0 Å². The molecule has 0 atom stereocenters. The average molecular weight is 706 g/mol. The number of ether oxygens (including phenoxy) is 4. The van der Waals surface area contributed by atoms with Gasteiger partial charge < -0.3 is 24.3 Å². The van der Waals surface area contributed by atoms with Gasteiger partial charge in [0, 0.05) is 37.6 Å². The van der Waals surface area contributed by atoms with E-state index in [9.17, 15) is 0 Å². The van der Waals surface area contributed by atoms with Crippen LogP contribution in [0.15, 0.2) is 156 Å². The number of benzene rings is 4. The Morgan fingerprint density at radius 2 is 0.774 bits per heavy atom. The highest BCUT2D eigenvalue weighted by atomic mass is 16.5. The quantitative estimate of drug-likeness (QED) is 0.0637. The third-order valence-corrected chi connectivity index (χ3v) is 7.98. The third kappa shape index (κ3) is 11.9. The molecule has 0 unspecified atom stereocenters. The number of nitrogens with one attached hydrogen (secondary N) is 1. The van der Waals surface area contributed by atoms with Gasteiger partial charge >= 0.3 is 0 Å². The van der Waals surface area contributed by atoms with Crippen molar-refractivity contribution in [2.75, 3.05) is 26.2 Å². The van der Waals surface area contributed by atoms with Crippen LogP contribution < -0.4 is 24.3 Å². The van der Waals surface area contributed by atoms with Crippen molar-refractivity contribution >= 4 is 12.4 Å². The second-order valence-electron chi connectivity index (χ2n) is 12.0. The summed E-state index contributed by atoms with van der Waals surface area (Å²) in [5.41, 5.74) is 5.47. The minimum atomic E-state index is 0.387. The standard InChI is InChI=1S/C44H43N5O4/c1-5-13-35(14-6-1)31-50-41-21-23-48-39(43(41)52-33-37-17-9-3-10-18-37)29-46-27-25-45-26-28-47-30-40-44(53-34-38-19-11-4-12-20-38)42(22-24-49-40)51-32-36-15-7-2-8-16-36/h1-24,29-30,45H,25-28,31-34H2. The lowest BCUT2D eigenvalue weighted by atomic mass is 10.2. The van der Waals surface area contributed by atoms with Crippen LogP contribution in [0.4, 0.5) is 0 Å². The molecule has 53 heavy (non-hydrogen) atoms. The molecule has 0 bridgehead atoms. The van der Waals surface area contributed by atoms with E-state index in [4.69, 9.17) is 18.9 Å². The van der Waals surface area contributed by atoms with Crippen LogP contribution in [0.2, 0.25) is 0 Å². The molecule has 9 nitrogen and oxygen atoms in total. The van der Waals surface area contributed by atoms with Crippen molar-refractivity contribution in [1.82, 2.24) is 15.3 Å². The predicted octanol–water partition coefficient (Wildman–Crippen LogP) is 7.92. The highest BCUT2D eigenvalue weighted by Gasteiger charge is 2.14. The zero-order valence-electron chi connectivity index (χ0n) is 29.6. The zero-order chi connectivity index (χ0) is 36.2. The van der Waals surface area contributed by atoms with Crippen molar-refractivity contribution in [1.29, 1.82) is 0 Å². The number of pyridine rings is 2. The number of nitrogens with zero attached hydrogens (tertiary/aromatic N) is 4. The monoisotopic (exact) mass is 705 g/mol. The van der Waals surface area contributed by atoms with Crippen molar-refractivity contribution < 1.29 is 18.9 Å². The fourth-order valence-corrected chi connectivity index (χ4v) is 5.24. The highest BCUT2D eigenvalue weighted by Crippen LogP contribution is 2.32. The van der Waals surface area contributed by atoms with Crippen LogP contribution in [0.1, 0.15) is 33.6 Å². The van der Waals surface area contributed by atoms with Gasteiger partial charge in [-0.05, 0) is 22.3 Å². The summed E-state index contributed by atoms with van der Waals surface area (Å²) < 4.78 is 24.9. The number of hydrogen-bond acceptors (Lipinski definition) is 9. The average Bonchev–Trinajstić information content (AvgIpc) is 3.22. The van der Waals surface area contributed by atoms with Gasteiger partial charge in [-0.2, -0.15) is 0 Å². The summed E-state index contributed by atoms with van der Waals surface area (Å²) in [4.78, 5) is 18.3. The molecule has 1 N–H and O–H groups in total. The van der Waals surface area contributed by atoms with Crippen LogP contribution in [0.25, 0.3) is 0 Å². The first kappa shape index (κ1) is 36.5. The fraction of sp³-hybridized carbons (Fsp3) is 0.182. The molecule has 0 aliphatic heterocycles. The Balaban J connectivity index is 1.02. The lowest BCUT2D eigenvalue weighted by Crippen LogP contribution is -2.21. The van der Waals surface area contributed by atoms with Crippen LogP contribution >= 0.6 is 0 Å². The minimum absolute atomic E-state index is 0.387. The van der Waals surface area contributed by atoms with Crippen molar-refractivity contribution in [3.05, 3.63) is 179 Å². The largest absolute Gasteiger partial charge is 0.485 e. The summed E-state index contributed by atoms with van der Waals surface area (Å²) in [6.07, 6.45) is 6.91. The van der Waals surface area contributed by atoms with E-state index in [1.165, 1.54) is 0 Å². The van der Waals surface area contributed by atoms with Crippen molar-refractivity contribution in [2.45, 2.75) is 26.4 Å². The third-order valence-electron chi connectivity index (χ3n) is 7.98. The first-order valence-electron chi connectivity index (χ1n) is 17.7. The Labute approximate surface area is 311 Å². The van der Waals surface area contributed by atoms with Gasteiger partial charge in [-0.25, -0.2) is 0 Å². The van der Waals surface area contributed by atoms with Crippen molar-refractivity contribution in [3.8, 4) is 23.0 Å². The maximum absolute atomic E-state index is 6.26. The summed E-state index contributed by atoms with van der Waals surface area (Å²) in [5, 5.41) is 3.40. The molecule has 0 aliphatic carbocycles. The first-order valence-corrected chi connectivity index (χ1v) is 17.7. The lowest BCUT2D eigenvalue weighted by molar-refractivity contribution is 0.254. The maximum atomic E-state index is 6.26. The number of aliphatic imine (C=N–C) groups is 2. The molecule has 0 radical (unpaired) electrons. The van der Waals surface area contributed by atoms with Gasteiger partial charge in [0.15, 0.2) is 23.0 Å². The first-order chi connectivity index (χ1) is 26.3. The van der Waals surface area contributed by atoms with Crippen molar-refractivity contribution in [3.63, 3.8) is 0 Å². The van der Waals surface area contributed by atoms with Gasteiger partial charge in [0.05, 0.1) is 25.5 Å². The number of aromatic nitrogens is 2. The van der Waals surface area contributed by atoms with Crippen LogP contribution in [0, 0.1) is 0 Å². The van der Waals surface area contributed by atoms with Gasteiger partial charge in [0.1, 0.15) is 37.8 Å². The summed E-state index contributed by atoms with van der Waals surface area (Å²) in [6.45, 7) is 4.06. The molecule has 6 rings (SSSR count). The molecule has 0 spiro atoms. The summed E-state index contributed by atoms with van der Waals surface area (Å²) in [5.74, 6) is 2.37. The van der Waals surface area contributed by atoms with Gasteiger partial charge in [-0.15, -0.1) is 0 Å². The Hall–Kier alpha value is -6.32. The Morgan fingerprint density at radius 1 is 0.434 bits per heavy atom. The molecule has 2 aromatic heterocycles. The molecule has 9 heteroatoms. The molecule has 0 aliphatic rings. The molecule has 4 aromatic carbocycles. The number of hydrogen-bond donors (Lipinski definition) is 1. The molecule has 0 saturated heterocycles. The summed E-state index contributed by atoms with van der Waals surface area (Å²) >= 11 is 0. The second kappa shape index (κ2) is 20.5. The molecule has 2 heterocycles. The van der Waals surface area contributed by atoms with E-state index in [-0.39, 0.29) is 0 Å². The van der Waals surface area contributed by atoms with E-state index >= 15 is 0 Å². The molecule has 0 fully saturated rings. The Bertz CT molecular complexity index is 1860. The smallest absolute Gasteiger partial charge is 0.188 e. The number of rotatable bonds is 20. The van der Waals surface area contributed by atoms with Crippen LogP contribution in [0.3, 0.4) is 0 Å². The van der Waals surface area contributed by atoms with E-state index in [1.54, 1.807) is 24.8 Å². The molecular weight excluding hydrogens is 663 g/mol. The van der Waals surface area contributed by atoms with Gasteiger partial charge in [-0.1, -0.05) is 121 Å².